The molecule has 1 aliphatic carbocycles. The summed E-state index contributed by atoms with van der Waals surface area (Å²) in [6.07, 6.45) is 1.63. The maximum absolute atomic E-state index is 15.6. The number of amides is 1. The van der Waals surface area contributed by atoms with Crippen LogP contribution in [-0.2, 0) is 22.0 Å². The van der Waals surface area contributed by atoms with Gasteiger partial charge in [-0.25, -0.2) is 22.9 Å². The normalized spacial score (nSPS) is 21.0. The quantitative estimate of drug-likeness (QED) is 0.354. The highest BCUT2D eigenvalue weighted by atomic mass is 32.2. The molecule has 0 spiro atoms. The summed E-state index contributed by atoms with van der Waals surface area (Å²) >= 11 is 0. The molecule has 2 fully saturated rings. The monoisotopic (exact) mass is 637 g/mol. The molecule has 0 bridgehead atoms. The van der Waals surface area contributed by atoms with Gasteiger partial charge in [0.25, 0.3) is 5.56 Å². The minimum absolute atomic E-state index is 0.0109. The van der Waals surface area contributed by atoms with Gasteiger partial charge in [-0.05, 0) is 64.7 Å². The molecule has 44 heavy (non-hydrogen) atoms. The number of benzene rings is 1. The highest BCUT2D eigenvalue weighted by Crippen LogP contribution is 2.32. The van der Waals surface area contributed by atoms with E-state index in [-0.39, 0.29) is 48.8 Å². The zero-order valence-electron chi connectivity index (χ0n) is 24.7. The number of pyridine rings is 1. The van der Waals surface area contributed by atoms with Gasteiger partial charge in [-0.1, -0.05) is 0 Å². The predicted octanol–water partition coefficient (Wildman–Crippen LogP) is 3.83. The number of halogens is 3. The molecule has 3 aromatic rings. The summed E-state index contributed by atoms with van der Waals surface area (Å²) in [6, 6.07) is 2.83. The molecular weight excluding hydrogens is 603 g/mol. The number of nitrogens with zero attached hydrogens (tertiary/aromatic N) is 4. The van der Waals surface area contributed by atoms with Crippen molar-refractivity contribution in [1.82, 2.24) is 24.2 Å². The van der Waals surface area contributed by atoms with Gasteiger partial charge in [0.1, 0.15) is 23.2 Å². The number of hydrogen-bond donors (Lipinski definition) is 3. The van der Waals surface area contributed by atoms with Gasteiger partial charge in [0.15, 0.2) is 5.82 Å². The Morgan fingerprint density at radius 2 is 1.86 bits per heavy atom. The second kappa shape index (κ2) is 11.9. The second-order valence-corrected chi connectivity index (χ2v) is 13.7. The second-order valence-electron chi connectivity index (χ2n) is 12.0. The first kappa shape index (κ1) is 31.5. The van der Waals surface area contributed by atoms with Crippen molar-refractivity contribution in [2.24, 2.45) is 7.05 Å². The van der Waals surface area contributed by atoms with Crippen molar-refractivity contribution >= 4 is 39.0 Å². The topological polar surface area (TPSA) is 148 Å². The fraction of sp³-hybridized carbons (Fsp3) is 0.500. The number of ether oxygens (including phenoxy) is 1. The van der Waals surface area contributed by atoms with Crippen LogP contribution in [-0.4, -0.2) is 70.3 Å². The number of hydrogen-bond acceptors (Lipinski definition) is 8. The Balaban J connectivity index is 1.37. The van der Waals surface area contributed by atoms with Gasteiger partial charge in [0.2, 0.25) is 5.95 Å². The minimum Gasteiger partial charge on any atom is -0.444 e. The Bertz CT molecular complexity index is 1760. The van der Waals surface area contributed by atoms with Crippen molar-refractivity contribution in [3.05, 3.63) is 46.4 Å². The third-order valence-electron chi connectivity index (χ3n) is 7.47. The number of carbonyl (C=O) groups excluding carboxylic acids is 1. The summed E-state index contributed by atoms with van der Waals surface area (Å²) in [4.78, 5) is 34.2. The first-order chi connectivity index (χ1) is 20.6. The fourth-order valence-corrected chi connectivity index (χ4v) is 6.65. The van der Waals surface area contributed by atoms with E-state index >= 15 is 4.39 Å². The number of aromatic nitrogens is 3. The molecule has 16 heteroatoms. The first-order valence-corrected chi connectivity index (χ1v) is 15.6. The van der Waals surface area contributed by atoms with Gasteiger partial charge in [-0.15, -0.1) is 0 Å². The Morgan fingerprint density at radius 1 is 1.14 bits per heavy atom. The molecule has 0 unspecified atom stereocenters. The Kier molecular flexibility index (Phi) is 8.50. The van der Waals surface area contributed by atoms with Gasteiger partial charge in [-0.2, -0.15) is 17.7 Å². The van der Waals surface area contributed by atoms with E-state index in [1.807, 2.05) is 4.72 Å². The van der Waals surface area contributed by atoms with E-state index in [9.17, 15) is 26.8 Å². The number of fused-ring (bicyclic) bond motifs is 1. The predicted molar refractivity (Wildman–Crippen MR) is 158 cm³/mol. The van der Waals surface area contributed by atoms with Gasteiger partial charge < -0.3 is 15.4 Å². The highest BCUT2D eigenvalue weighted by Gasteiger charge is 2.33. The smallest absolute Gasteiger partial charge is 0.407 e. The number of alkyl carbamates (subject to hydrolysis) is 1. The fourth-order valence-electron chi connectivity index (χ4n) is 5.38. The van der Waals surface area contributed by atoms with Crippen LogP contribution in [0.1, 0.15) is 46.5 Å². The Labute approximate surface area is 252 Å². The molecule has 1 aliphatic heterocycles. The molecular formula is C28H34F3N7O5S. The molecule has 0 radical (unpaired) electrons. The van der Waals surface area contributed by atoms with Crippen molar-refractivity contribution in [3.8, 4) is 11.1 Å². The van der Waals surface area contributed by atoms with Gasteiger partial charge in [-0.3, -0.25) is 14.1 Å². The standard InChI is InChI=1S/C28H34F3N7O5S/c1-28(2,3)43-27(40)34-18-6-5-17(12-18)33-26-32-13-15-11-19(25(39)37(4)24(15)35-26)22-20(30)7-8-21(23(22)31)36-44(41,42)38-10-9-16(29)14-38/h7-8,11,13,16-18,36H,5-6,9-10,12,14H2,1-4H3,(H,34,40)(H,32,33,35)/t16-,17+,18+/m1/s1. The van der Waals surface area contributed by atoms with Crippen molar-refractivity contribution in [2.45, 2.75) is 70.3 Å². The van der Waals surface area contributed by atoms with E-state index < -0.39 is 56.5 Å². The molecule has 3 heterocycles. The lowest BCUT2D eigenvalue weighted by molar-refractivity contribution is 0.0505. The van der Waals surface area contributed by atoms with E-state index in [0.29, 0.717) is 18.2 Å². The number of rotatable bonds is 7. The summed E-state index contributed by atoms with van der Waals surface area (Å²) in [7, 11) is -2.93. The number of anilines is 2. The lowest BCUT2D eigenvalue weighted by Gasteiger charge is -2.21. The Morgan fingerprint density at radius 3 is 2.55 bits per heavy atom. The van der Waals surface area contributed by atoms with E-state index in [1.165, 1.54) is 19.3 Å². The van der Waals surface area contributed by atoms with Crippen molar-refractivity contribution in [2.75, 3.05) is 23.1 Å². The number of alkyl halides is 1. The summed E-state index contributed by atoms with van der Waals surface area (Å²) in [6.45, 7) is 4.89. The molecule has 2 aliphatic rings. The van der Waals surface area contributed by atoms with Crippen LogP contribution in [0.5, 0.6) is 0 Å². The van der Waals surface area contributed by atoms with Gasteiger partial charge in [0, 0.05) is 43.8 Å². The molecule has 1 amide bonds. The van der Waals surface area contributed by atoms with E-state index in [0.717, 1.165) is 27.4 Å². The summed E-state index contributed by atoms with van der Waals surface area (Å²) < 4.78 is 78.9. The summed E-state index contributed by atoms with van der Waals surface area (Å²) in [5.41, 5.74) is -2.86. The van der Waals surface area contributed by atoms with Crippen LogP contribution in [0.2, 0.25) is 0 Å². The number of nitrogens with one attached hydrogen (secondary N) is 3. The lowest BCUT2D eigenvalue weighted by Crippen LogP contribution is -2.38. The molecule has 3 atom stereocenters. The highest BCUT2D eigenvalue weighted by molar-refractivity contribution is 7.90. The number of carbonyl (C=O) groups is 1. The van der Waals surface area contributed by atoms with Crippen LogP contribution < -0.4 is 20.9 Å². The van der Waals surface area contributed by atoms with Crippen molar-refractivity contribution in [1.29, 1.82) is 0 Å². The van der Waals surface area contributed by atoms with Crippen LogP contribution in [0.15, 0.2) is 29.2 Å². The molecule has 12 nitrogen and oxygen atoms in total. The third-order valence-corrected chi connectivity index (χ3v) is 8.96. The molecule has 1 aromatic carbocycles. The van der Waals surface area contributed by atoms with Crippen molar-refractivity contribution < 1.29 is 31.1 Å². The van der Waals surface area contributed by atoms with Crippen LogP contribution in [0.3, 0.4) is 0 Å². The molecule has 3 N–H and O–H groups in total. The van der Waals surface area contributed by atoms with Crippen molar-refractivity contribution in [3.63, 3.8) is 0 Å². The maximum Gasteiger partial charge on any atom is 0.407 e. The summed E-state index contributed by atoms with van der Waals surface area (Å²) in [5, 5.41) is 6.37. The lowest BCUT2D eigenvalue weighted by atomic mass is 10.0. The van der Waals surface area contributed by atoms with E-state index in [4.69, 9.17) is 4.74 Å². The maximum atomic E-state index is 15.6. The zero-order valence-corrected chi connectivity index (χ0v) is 25.5. The average molecular weight is 638 g/mol. The molecule has 5 rings (SSSR count). The van der Waals surface area contributed by atoms with E-state index in [1.54, 1.807) is 20.8 Å². The van der Waals surface area contributed by atoms with Gasteiger partial charge in [0.05, 0.1) is 16.8 Å². The van der Waals surface area contributed by atoms with Gasteiger partial charge >= 0.3 is 16.3 Å². The van der Waals surface area contributed by atoms with Crippen LogP contribution in [0.4, 0.5) is 29.6 Å². The molecule has 238 valence electrons. The minimum atomic E-state index is -4.32. The largest absolute Gasteiger partial charge is 0.444 e. The summed E-state index contributed by atoms with van der Waals surface area (Å²) in [5.74, 6) is -2.15. The molecule has 1 saturated carbocycles. The number of aryl methyl sites for hydroxylation is 1. The van der Waals surface area contributed by atoms with E-state index in [2.05, 4.69) is 20.6 Å². The van der Waals surface area contributed by atoms with Crippen LogP contribution >= 0.6 is 0 Å². The van der Waals surface area contributed by atoms with Crippen LogP contribution in [0, 0.1) is 11.6 Å². The first-order valence-electron chi connectivity index (χ1n) is 14.1. The SMILES string of the molecule is Cn1c(=O)c(-c2c(F)ccc(NS(=O)(=O)N3CC[C@@H](F)C3)c2F)cc2cnc(N[C@H]3CC[C@H](NC(=O)OC(C)(C)C)C3)nc21. The average Bonchev–Trinajstić information content (AvgIpc) is 3.56. The molecule has 1 saturated heterocycles. The molecule has 2 aromatic heterocycles. The van der Waals surface area contributed by atoms with Crippen LogP contribution in [0.25, 0.3) is 22.2 Å². The zero-order chi connectivity index (χ0) is 32.0. The third kappa shape index (κ3) is 6.75. The Hall–Kier alpha value is -3.92.